The fourth-order valence-electron chi connectivity index (χ4n) is 3.72. The largest absolute Gasteiger partial charge is 0.326 e. The van der Waals surface area contributed by atoms with Crippen LogP contribution in [0.5, 0.6) is 0 Å². The van der Waals surface area contributed by atoms with Gasteiger partial charge in [-0.1, -0.05) is 24.3 Å². The molecule has 4 rings (SSSR count). The summed E-state index contributed by atoms with van der Waals surface area (Å²) in [5, 5.41) is 8.88. The van der Waals surface area contributed by atoms with E-state index >= 15 is 0 Å². The summed E-state index contributed by atoms with van der Waals surface area (Å²) in [5.74, 6) is 0. The molecule has 2 heterocycles. The number of fused-ring (bicyclic) bond motifs is 1. The molecule has 0 bridgehead atoms. The van der Waals surface area contributed by atoms with E-state index in [1.54, 1.807) is 0 Å². The first-order valence-electron chi connectivity index (χ1n) is 8.65. The number of rotatable bonds is 3. The van der Waals surface area contributed by atoms with Gasteiger partial charge in [0.25, 0.3) is 0 Å². The van der Waals surface area contributed by atoms with Crippen LogP contribution >= 0.6 is 0 Å². The fourth-order valence-corrected chi connectivity index (χ4v) is 3.72. The van der Waals surface area contributed by atoms with E-state index < -0.39 is 0 Å². The predicted molar refractivity (Wildman–Crippen MR) is 97.3 cm³/mol. The molecular weight excluding hydrogens is 312 g/mol. The molecule has 1 fully saturated rings. The van der Waals surface area contributed by atoms with E-state index in [1.165, 1.54) is 5.56 Å². The number of aromatic nitrogens is 2. The molecular formula is C20H20N4O. The minimum atomic E-state index is -0.00765. The number of benzene rings is 2. The van der Waals surface area contributed by atoms with Crippen molar-refractivity contribution >= 4 is 11.0 Å². The van der Waals surface area contributed by atoms with Gasteiger partial charge in [-0.05, 0) is 42.7 Å². The second-order valence-electron chi connectivity index (χ2n) is 6.63. The quantitative estimate of drug-likeness (QED) is 0.802. The highest BCUT2D eigenvalue weighted by Crippen LogP contribution is 2.25. The van der Waals surface area contributed by atoms with Gasteiger partial charge in [0.05, 0.1) is 22.7 Å². The molecule has 126 valence electrons. The lowest BCUT2D eigenvalue weighted by molar-refractivity contribution is 0.180. The average molecular weight is 332 g/mol. The molecule has 0 saturated carbocycles. The number of hydrogen-bond donors (Lipinski definition) is 1. The molecule has 0 amide bonds. The molecule has 25 heavy (non-hydrogen) atoms. The third-order valence-corrected chi connectivity index (χ3v) is 5.04. The summed E-state index contributed by atoms with van der Waals surface area (Å²) < 4.78 is 1.92. The molecule has 0 radical (unpaired) electrons. The summed E-state index contributed by atoms with van der Waals surface area (Å²) in [7, 11) is 0. The Morgan fingerprint density at radius 2 is 1.80 bits per heavy atom. The highest BCUT2D eigenvalue weighted by atomic mass is 16.1. The fraction of sp³-hybridized carbons (Fsp3) is 0.300. The van der Waals surface area contributed by atoms with E-state index in [0.717, 1.165) is 43.5 Å². The van der Waals surface area contributed by atoms with Crippen molar-refractivity contribution in [2.24, 2.45) is 0 Å². The first-order valence-corrected chi connectivity index (χ1v) is 8.65. The normalized spacial score (nSPS) is 16.1. The zero-order chi connectivity index (χ0) is 17.2. The van der Waals surface area contributed by atoms with Crippen LogP contribution in [0.2, 0.25) is 0 Å². The van der Waals surface area contributed by atoms with Crippen LogP contribution in [0.1, 0.15) is 30.0 Å². The van der Waals surface area contributed by atoms with Crippen LogP contribution in [-0.4, -0.2) is 27.5 Å². The maximum Gasteiger partial charge on any atom is 0.326 e. The van der Waals surface area contributed by atoms with Crippen molar-refractivity contribution in [1.82, 2.24) is 14.5 Å². The number of nitriles is 1. The number of piperidine rings is 1. The SMILES string of the molecule is N#Cc1ccc(CN2CCC(n3c(=O)[nH]c4ccccc43)CC2)cc1. The summed E-state index contributed by atoms with van der Waals surface area (Å²) in [5.41, 5.74) is 3.82. The van der Waals surface area contributed by atoms with Crippen LogP contribution in [0.4, 0.5) is 0 Å². The van der Waals surface area contributed by atoms with Gasteiger partial charge >= 0.3 is 5.69 Å². The first kappa shape index (κ1) is 15.7. The second-order valence-corrected chi connectivity index (χ2v) is 6.63. The number of likely N-dealkylation sites (tertiary alicyclic amines) is 1. The summed E-state index contributed by atoms with van der Waals surface area (Å²) in [6.45, 7) is 2.83. The smallest absolute Gasteiger partial charge is 0.306 e. The number of nitrogens with one attached hydrogen (secondary N) is 1. The third kappa shape index (κ3) is 3.09. The van der Waals surface area contributed by atoms with Crippen molar-refractivity contribution in [3.05, 3.63) is 70.1 Å². The molecule has 0 spiro atoms. The standard InChI is InChI=1S/C20H20N4O/c21-13-15-5-7-16(8-6-15)14-23-11-9-17(10-12-23)24-19-4-2-1-3-18(19)22-20(24)25/h1-8,17H,9-12,14H2,(H,22,25). The van der Waals surface area contributed by atoms with Gasteiger partial charge in [-0.15, -0.1) is 0 Å². The third-order valence-electron chi connectivity index (χ3n) is 5.04. The van der Waals surface area contributed by atoms with Gasteiger partial charge in [-0.3, -0.25) is 9.47 Å². The molecule has 2 aromatic carbocycles. The Kier molecular flexibility index (Phi) is 4.12. The molecule has 5 heteroatoms. The lowest BCUT2D eigenvalue weighted by Crippen LogP contribution is -2.36. The Labute approximate surface area is 146 Å². The van der Waals surface area contributed by atoms with Crippen LogP contribution in [-0.2, 0) is 6.54 Å². The van der Waals surface area contributed by atoms with Crippen molar-refractivity contribution in [1.29, 1.82) is 5.26 Å². The zero-order valence-electron chi connectivity index (χ0n) is 14.0. The van der Waals surface area contributed by atoms with E-state index in [-0.39, 0.29) is 11.7 Å². The van der Waals surface area contributed by atoms with E-state index in [4.69, 9.17) is 5.26 Å². The molecule has 1 saturated heterocycles. The molecule has 1 aliphatic rings. The second kappa shape index (κ2) is 6.58. The lowest BCUT2D eigenvalue weighted by Gasteiger charge is -2.32. The number of H-pyrrole nitrogens is 1. The summed E-state index contributed by atoms with van der Waals surface area (Å²) in [6.07, 6.45) is 1.94. The minimum Gasteiger partial charge on any atom is -0.306 e. The van der Waals surface area contributed by atoms with E-state index in [0.29, 0.717) is 5.56 Å². The zero-order valence-corrected chi connectivity index (χ0v) is 14.0. The average Bonchev–Trinajstić information content (AvgIpc) is 2.99. The summed E-state index contributed by atoms with van der Waals surface area (Å²) >= 11 is 0. The number of aromatic amines is 1. The van der Waals surface area contributed by atoms with Crippen LogP contribution < -0.4 is 5.69 Å². The number of nitrogens with zero attached hydrogens (tertiary/aromatic N) is 3. The number of imidazole rings is 1. The lowest BCUT2D eigenvalue weighted by atomic mass is 10.0. The summed E-state index contributed by atoms with van der Waals surface area (Å²) in [6, 6.07) is 18.1. The maximum atomic E-state index is 12.3. The van der Waals surface area contributed by atoms with Gasteiger partial charge in [0, 0.05) is 25.7 Å². The topological polar surface area (TPSA) is 64.8 Å². The van der Waals surface area contributed by atoms with Crippen LogP contribution in [0.3, 0.4) is 0 Å². The molecule has 0 unspecified atom stereocenters. The Morgan fingerprint density at radius 1 is 1.08 bits per heavy atom. The maximum absolute atomic E-state index is 12.3. The Morgan fingerprint density at radius 3 is 2.52 bits per heavy atom. The molecule has 0 atom stereocenters. The number of hydrogen-bond acceptors (Lipinski definition) is 3. The van der Waals surface area contributed by atoms with Crippen molar-refractivity contribution in [3.8, 4) is 6.07 Å². The predicted octanol–water partition coefficient (Wildman–Crippen LogP) is 3.04. The van der Waals surface area contributed by atoms with Crippen LogP contribution in [0, 0.1) is 11.3 Å². The first-order chi connectivity index (χ1) is 12.2. The van der Waals surface area contributed by atoms with E-state index in [9.17, 15) is 4.79 Å². The Balaban J connectivity index is 1.45. The minimum absolute atomic E-state index is 0.00765. The number of para-hydroxylation sites is 2. The monoisotopic (exact) mass is 332 g/mol. The molecule has 0 aliphatic carbocycles. The van der Waals surface area contributed by atoms with E-state index in [2.05, 4.69) is 16.0 Å². The van der Waals surface area contributed by atoms with Crippen molar-refractivity contribution in [2.45, 2.75) is 25.4 Å². The highest BCUT2D eigenvalue weighted by molar-refractivity contribution is 5.75. The van der Waals surface area contributed by atoms with Crippen molar-refractivity contribution in [2.75, 3.05) is 13.1 Å². The van der Waals surface area contributed by atoms with Gasteiger partial charge in [0.15, 0.2) is 0 Å². The van der Waals surface area contributed by atoms with Gasteiger partial charge in [-0.2, -0.15) is 5.26 Å². The highest BCUT2D eigenvalue weighted by Gasteiger charge is 2.23. The van der Waals surface area contributed by atoms with Crippen molar-refractivity contribution in [3.63, 3.8) is 0 Å². The van der Waals surface area contributed by atoms with Gasteiger partial charge < -0.3 is 4.98 Å². The Bertz CT molecular complexity index is 969. The van der Waals surface area contributed by atoms with E-state index in [1.807, 2.05) is 53.1 Å². The molecule has 5 nitrogen and oxygen atoms in total. The molecule has 1 N–H and O–H groups in total. The van der Waals surface area contributed by atoms with Crippen molar-refractivity contribution < 1.29 is 0 Å². The molecule has 3 aromatic rings. The molecule has 1 aliphatic heterocycles. The van der Waals surface area contributed by atoms with Crippen LogP contribution in [0.15, 0.2) is 53.3 Å². The van der Waals surface area contributed by atoms with Gasteiger partial charge in [0.1, 0.15) is 0 Å². The van der Waals surface area contributed by atoms with Crippen LogP contribution in [0.25, 0.3) is 11.0 Å². The summed E-state index contributed by atoms with van der Waals surface area (Å²) in [4.78, 5) is 17.7. The van der Waals surface area contributed by atoms with Gasteiger partial charge in [-0.25, -0.2) is 4.79 Å². The Hall–Kier alpha value is -2.84. The van der Waals surface area contributed by atoms with Gasteiger partial charge in [0.2, 0.25) is 0 Å². The molecule has 1 aromatic heterocycles.